The topological polar surface area (TPSA) is 102 Å². The molecule has 1 heterocycles. The first-order valence-corrected chi connectivity index (χ1v) is 4.93. The number of rotatable bonds is 4. The third-order valence-electron chi connectivity index (χ3n) is 1.65. The molecule has 1 atom stereocenters. The van der Waals surface area contributed by atoms with Crippen molar-refractivity contribution < 1.29 is 5.21 Å². The van der Waals surface area contributed by atoms with Gasteiger partial charge in [-0.05, 0) is 16.8 Å². The molecule has 0 aliphatic carbocycles. The van der Waals surface area contributed by atoms with Crippen molar-refractivity contribution >= 4 is 17.6 Å². The van der Waals surface area contributed by atoms with E-state index in [2.05, 4.69) is 20.7 Å². The number of thioether (sulfide) groups is 1. The molecule has 1 rings (SSSR count). The molecule has 0 radical (unpaired) electrons. The van der Waals surface area contributed by atoms with Gasteiger partial charge in [-0.25, -0.2) is 4.68 Å². The summed E-state index contributed by atoms with van der Waals surface area (Å²) in [4.78, 5) is 0. The highest BCUT2D eigenvalue weighted by Gasteiger charge is 2.16. The quantitative estimate of drug-likeness (QED) is 0.238. The van der Waals surface area contributed by atoms with E-state index in [9.17, 15) is 0 Å². The average molecular weight is 216 g/mol. The van der Waals surface area contributed by atoms with Gasteiger partial charge in [0.05, 0.1) is 5.25 Å². The van der Waals surface area contributed by atoms with E-state index in [1.165, 1.54) is 16.4 Å². The summed E-state index contributed by atoms with van der Waals surface area (Å²) in [6.07, 6.45) is 0.743. The molecule has 0 saturated carbocycles. The first-order valence-electron chi connectivity index (χ1n) is 4.05. The molecule has 0 aliphatic heterocycles. The molecule has 7 nitrogen and oxygen atoms in total. The van der Waals surface area contributed by atoms with Crippen LogP contribution in [0, 0.1) is 0 Å². The smallest absolute Gasteiger partial charge is 0.209 e. The van der Waals surface area contributed by atoms with Gasteiger partial charge in [0.2, 0.25) is 5.16 Å². The molecule has 0 bridgehead atoms. The van der Waals surface area contributed by atoms with Crippen LogP contribution in [0.2, 0.25) is 0 Å². The third kappa shape index (κ3) is 2.34. The molecule has 0 aliphatic rings. The zero-order valence-corrected chi connectivity index (χ0v) is 8.77. The average Bonchev–Trinajstić information content (AvgIpc) is 2.59. The second-order valence-corrected chi connectivity index (χ2v) is 3.79. The molecule has 78 valence electrons. The standard InChI is InChI=1S/C6H12N6OS/c1-3-4(5(7)9-13)14-6-8-10-11-12(6)2/h4,13H,3H2,1-2H3,(H2,7,9). The number of oxime groups is 1. The van der Waals surface area contributed by atoms with Crippen LogP contribution in [0.25, 0.3) is 0 Å². The lowest BCUT2D eigenvalue weighted by molar-refractivity contribution is 0.317. The summed E-state index contributed by atoms with van der Waals surface area (Å²) in [6.45, 7) is 1.94. The zero-order chi connectivity index (χ0) is 10.6. The number of aromatic nitrogens is 4. The van der Waals surface area contributed by atoms with Gasteiger partial charge in [0.15, 0.2) is 5.84 Å². The lowest BCUT2D eigenvalue weighted by Gasteiger charge is -2.10. The van der Waals surface area contributed by atoms with Gasteiger partial charge in [0.1, 0.15) is 0 Å². The van der Waals surface area contributed by atoms with Crippen molar-refractivity contribution in [3.05, 3.63) is 0 Å². The lowest BCUT2D eigenvalue weighted by atomic mass is 10.3. The molecular formula is C6H12N6OS. The van der Waals surface area contributed by atoms with E-state index in [4.69, 9.17) is 10.9 Å². The predicted molar refractivity (Wildman–Crippen MR) is 52.1 cm³/mol. The Morgan fingerprint density at radius 3 is 2.93 bits per heavy atom. The Bertz CT molecular complexity index is 324. The van der Waals surface area contributed by atoms with E-state index in [1.54, 1.807) is 7.05 Å². The minimum atomic E-state index is -0.107. The highest BCUT2D eigenvalue weighted by atomic mass is 32.2. The maximum Gasteiger partial charge on any atom is 0.209 e. The molecule has 1 aromatic heterocycles. The maximum absolute atomic E-state index is 8.53. The monoisotopic (exact) mass is 216 g/mol. The van der Waals surface area contributed by atoms with Crippen LogP contribution in [0.5, 0.6) is 0 Å². The van der Waals surface area contributed by atoms with Crippen LogP contribution in [-0.4, -0.2) is 36.5 Å². The number of hydrogen-bond donors (Lipinski definition) is 2. The van der Waals surface area contributed by atoms with E-state index in [0.29, 0.717) is 5.16 Å². The Morgan fingerprint density at radius 2 is 2.50 bits per heavy atom. The number of nitrogens with zero attached hydrogens (tertiary/aromatic N) is 5. The molecule has 3 N–H and O–H groups in total. The van der Waals surface area contributed by atoms with Crippen molar-refractivity contribution in [3.63, 3.8) is 0 Å². The summed E-state index contributed by atoms with van der Waals surface area (Å²) in [7, 11) is 1.74. The minimum Gasteiger partial charge on any atom is -0.409 e. The van der Waals surface area contributed by atoms with Crippen molar-refractivity contribution in [2.24, 2.45) is 17.9 Å². The highest BCUT2D eigenvalue weighted by Crippen LogP contribution is 2.21. The van der Waals surface area contributed by atoms with Crippen LogP contribution in [0.4, 0.5) is 0 Å². The van der Waals surface area contributed by atoms with E-state index in [1.807, 2.05) is 6.92 Å². The molecule has 1 unspecified atom stereocenters. The van der Waals surface area contributed by atoms with Gasteiger partial charge in [-0.1, -0.05) is 23.8 Å². The Morgan fingerprint density at radius 1 is 1.79 bits per heavy atom. The van der Waals surface area contributed by atoms with Crippen molar-refractivity contribution in [1.29, 1.82) is 0 Å². The van der Waals surface area contributed by atoms with Crippen molar-refractivity contribution in [3.8, 4) is 0 Å². The van der Waals surface area contributed by atoms with E-state index in [-0.39, 0.29) is 11.1 Å². The Hall–Kier alpha value is -1.31. The van der Waals surface area contributed by atoms with Gasteiger partial charge in [-0.3, -0.25) is 0 Å². The van der Waals surface area contributed by atoms with E-state index in [0.717, 1.165) is 6.42 Å². The normalized spacial score (nSPS) is 14.3. The fourth-order valence-electron chi connectivity index (χ4n) is 0.866. The van der Waals surface area contributed by atoms with Crippen LogP contribution in [0.1, 0.15) is 13.3 Å². The zero-order valence-electron chi connectivity index (χ0n) is 7.95. The Balaban J connectivity index is 2.71. The van der Waals surface area contributed by atoms with Gasteiger partial charge in [-0.2, -0.15) is 0 Å². The lowest BCUT2D eigenvalue weighted by Crippen LogP contribution is -2.25. The first-order chi connectivity index (χ1) is 6.69. The predicted octanol–water partition coefficient (Wildman–Crippen LogP) is -0.173. The molecule has 14 heavy (non-hydrogen) atoms. The fourth-order valence-corrected chi connectivity index (χ4v) is 1.73. The highest BCUT2D eigenvalue weighted by molar-refractivity contribution is 8.00. The largest absolute Gasteiger partial charge is 0.409 e. The van der Waals surface area contributed by atoms with Gasteiger partial charge in [0, 0.05) is 7.05 Å². The Kier molecular flexibility index (Phi) is 3.69. The SMILES string of the molecule is CCC(Sc1nnnn1C)C(N)=NO. The molecule has 0 amide bonds. The molecular weight excluding hydrogens is 204 g/mol. The first kappa shape index (κ1) is 10.8. The summed E-state index contributed by atoms with van der Waals surface area (Å²) >= 11 is 1.37. The van der Waals surface area contributed by atoms with Crippen LogP contribution >= 0.6 is 11.8 Å². The van der Waals surface area contributed by atoms with E-state index < -0.39 is 0 Å². The summed E-state index contributed by atoms with van der Waals surface area (Å²) in [5, 5.41) is 23.0. The molecule has 1 aromatic rings. The number of hydrogen-bond acceptors (Lipinski definition) is 6. The molecule has 0 fully saturated rings. The van der Waals surface area contributed by atoms with Gasteiger partial charge >= 0.3 is 0 Å². The number of nitrogens with two attached hydrogens (primary N) is 1. The van der Waals surface area contributed by atoms with Gasteiger partial charge in [0.25, 0.3) is 0 Å². The Labute approximate surface area is 85.3 Å². The summed E-state index contributed by atoms with van der Waals surface area (Å²) in [6, 6.07) is 0. The van der Waals surface area contributed by atoms with E-state index >= 15 is 0 Å². The van der Waals surface area contributed by atoms with Crippen LogP contribution in [-0.2, 0) is 7.05 Å². The van der Waals surface area contributed by atoms with Gasteiger partial charge in [-0.15, -0.1) is 5.10 Å². The number of tetrazole rings is 1. The molecule has 0 saturated heterocycles. The summed E-state index contributed by atoms with van der Waals surface area (Å²) in [5.41, 5.74) is 5.50. The molecule has 8 heteroatoms. The van der Waals surface area contributed by atoms with Crippen molar-refractivity contribution in [2.75, 3.05) is 0 Å². The molecule has 0 aromatic carbocycles. The van der Waals surface area contributed by atoms with Gasteiger partial charge < -0.3 is 10.9 Å². The van der Waals surface area contributed by atoms with Crippen molar-refractivity contribution in [2.45, 2.75) is 23.8 Å². The van der Waals surface area contributed by atoms with Crippen molar-refractivity contribution in [1.82, 2.24) is 20.2 Å². The number of amidine groups is 1. The second kappa shape index (κ2) is 4.80. The maximum atomic E-state index is 8.53. The second-order valence-electron chi connectivity index (χ2n) is 2.62. The molecule has 0 spiro atoms. The third-order valence-corrected chi connectivity index (χ3v) is 3.06. The van der Waals surface area contributed by atoms with Crippen LogP contribution in [0.3, 0.4) is 0 Å². The number of aryl methyl sites for hydroxylation is 1. The van der Waals surface area contributed by atoms with Crippen LogP contribution < -0.4 is 5.73 Å². The minimum absolute atomic E-state index is 0.107. The van der Waals surface area contributed by atoms with Crippen LogP contribution in [0.15, 0.2) is 10.3 Å². The summed E-state index contributed by atoms with van der Waals surface area (Å²) in [5.74, 6) is 0.181. The summed E-state index contributed by atoms with van der Waals surface area (Å²) < 4.78 is 1.54. The fraction of sp³-hybridized carbons (Fsp3) is 0.667.